The fourth-order valence-corrected chi connectivity index (χ4v) is 3.86. The Bertz CT molecular complexity index is 1430. The molecule has 0 aliphatic heterocycles. The number of nitrogens with zero attached hydrogens (tertiary/aromatic N) is 4. The minimum absolute atomic E-state index is 0.0317. The number of hydrogen-bond acceptors (Lipinski definition) is 4. The highest BCUT2D eigenvalue weighted by atomic mass is 35.5. The number of carbonyl (C=O) groups excluding carboxylic acids is 1. The molecule has 1 aliphatic carbocycles. The van der Waals surface area contributed by atoms with Crippen LogP contribution < -0.4 is 5.32 Å². The van der Waals surface area contributed by atoms with E-state index in [2.05, 4.69) is 20.4 Å². The first kappa shape index (κ1) is 26.5. The van der Waals surface area contributed by atoms with Crippen LogP contribution in [0.15, 0.2) is 24.4 Å². The monoisotopic (exact) mass is 548 g/mol. The summed E-state index contributed by atoms with van der Waals surface area (Å²) < 4.78 is 96.5. The van der Waals surface area contributed by atoms with E-state index in [-0.39, 0.29) is 28.9 Å². The molecule has 3 aromatic rings. The topological polar surface area (TPSA) is 99.4 Å². The van der Waals surface area contributed by atoms with E-state index in [0.717, 1.165) is 13.2 Å². The molecule has 1 aliphatic rings. The van der Waals surface area contributed by atoms with Gasteiger partial charge in [-0.1, -0.05) is 11.6 Å². The van der Waals surface area contributed by atoms with Gasteiger partial charge in [-0.05, 0) is 38.0 Å². The van der Waals surface area contributed by atoms with Gasteiger partial charge in [0, 0.05) is 18.8 Å². The van der Waals surface area contributed by atoms with Crippen molar-refractivity contribution >= 4 is 17.5 Å². The summed E-state index contributed by atoms with van der Waals surface area (Å²) in [5, 5.41) is 15.0. The molecule has 7 nitrogen and oxygen atoms in total. The first-order chi connectivity index (χ1) is 17.0. The van der Waals surface area contributed by atoms with Crippen molar-refractivity contribution in [3.05, 3.63) is 46.2 Å². The maximum Gasteiger partial charge on any atom is 0.428 e. The van der Waals surface area contributed by atoms with Crippen molar-refractivity contribution < 1.29 is 35.5 Å². The van der Waals surface area contributed by atoms with Crippen LogP contribution in [0, 0.1) is 11.3 Å². The minimum Gasteiger partial charge on any atom is -0.344 e. The molecular formula is C22H16ClF7N6O. The van der Waals surface area contributed by atoms with Crippen LogP contribution in [0.25, 0.3) is 22.8 Å². The normalized spacial score (nSPS) is 16.7. The van der Waals surface area contributed by atoms with Gasteiger partial charge in [0.2, 0.25) is 5.67 Å². The molecule has 2 aromatic heterocycles. The van der Waals surface area contributed by atoms with E-state index >= 15 is 0 Å². The molecule has 1 saturated carbocycles. The van der Waals surface area contributed by atoms with Crippen molar-refractivity contribution in [1.82, 2.24) is 25.1 Å². The number of aryl methyl sites for hydroxylation is 1. The summed E-state index contributed by atoms with van der Waals surface area (Å²) in [5.74, 6) is -0.709. The Labute approximate surface area is 209 Å². The van der Waals surface area contributed by atoms with Crippen molar-refractivity contribution in [2.45, 2.75) is 43.3 Å². The maximum absolute atomic E-state index is 14.6. The van der Waals surface area contributed by atoms with Gasteiger partial charge in [0.05, 0.1) is 16.7 Å². The molecule has 2 N–H and O–H groups in total. The zero-order valence-corrected chi connectivity index (χ0v) is 19.7. The third-order valence-corrected chi connectivity index (χ3v) is 6.26. The van der Waals surface area contributed by atoms with Crippen LogP contribution in [0.4, 0.5) is 30.7 Å². The van der Waals surface area contributed by atoms with Crippen molar-refractivity contribution in [2.75, 3.05) is 0 Å². The molecule has 37 heavy (non-hydrogen) atoms. The van der Waals surface area contributed by atoms with Crippen LogP contribution in [0.3, 0.4) is 0 Å². The summed E-state index contributed by atoms with van der Waals surface area (Å²) in [5.41, 5.74) is -10.3. The van der Waals surface area contributed by atoms with Gasteiger partial charge in [-0.3, -0.25) is 9.48 Å². The Balaban J connectivity index is 1.77. The van der Waals surface area contributed by atoms with E-state index in [9.17, 15) is 40.8 Å². The lowest BCUT2D eigenvalue weighted by atomic mass is 9.97. The third-order valence-electron chi connectivity index (χ3n) is 5.93. The maximum atomic E-state index is 14.6. The van der Waals surface area contributed by atoms with E-state index in [4.69, 9.17) is 11.6 Å². The highest BCUT2D eigenvalue weighted by Crippen LogP contribution is 2.49. The van der Waals surface area contributed by atoms with Gasteiger partial charge in [0.25, 0.3) is 5.91 Å². The number of rotatable bonds is 5. The Morgan fingerprint density at radius 2 is 1.86 bits per heavy atom. The minimum atomic E-state index is -5.67. The van der Waals surface area contributed by atoms with Crippen LogP contribution in [0.5, 0.6) is 0 Å². The van der Waals surface area contributed by atoms with Crippen LogP contribution in [-0.2, 0) is 18.9 Å². The van der Waals surface area contributed by atoms with Gasteiger partial charge in [-0.15, -0.1) is 0 Å². The molecule has 0 bridgehead atoms. The highest BCUT2D eigenvalue weighted by molar-refractivity contribution is 6.34. The molecule has 1 aromatic carbocycles. The second-order valence-corrected chi connectivity index (χ2v) is 9.08. The zero-order valence-electron chi connectivity index (χ0n) is 18.9. The SMILES string of the molecule is Cn1nc(C(C)(F)C(F)(F)F)c(C(F)(F)F)c1-c1c[nH]c(-c2ccc(Cl)c(C(=O)NC3(C#N)CC3)c2)n1. The average molecular weight is 549 g/mol. The highest BCUT2D eigenvalue weighted by Gasteiger charge is 2.59. The van der Waals surface area contributed by atoms with Gasteiger partial charge in [-0.2, -0.15) is 36.7 Å². The number of halogens is 8. The number of H-pyrrole nitrogens is 1. The lowest BCUT2D eigenvalue weighted by molar-refractivity contribution is -0.232. The average Bonchev–Trinajstić information content (AvgIpc) is 3.21. The quantitative estimate of drug-likeness (QED) is 0.401. The van der Waals surface area contributed by atoms with Crippen LogP contribution in [-0.4, -0.2) is 37.4 Å². The van der Waals surface area contributed by atoms with Crippen molar-refractivity contribution in [3.8, 4) is 28.8 Å². The molecule has 1 amide bonds. The Kier molecular flexibility index (Phi) is 6.06. The molecule has 1 atom stereocenters. The van der Waals surface area contributed by atoms with Crippen molar-refractivity contribution in [3.63, 3.8) is 0 Å². The fourth-order valence-electron chi connectivity index (χ4n) is 3.66. The van der Waals surface area contributed by atoms with Gasteiger partial charge in [-0.25, -0.2) is 9.37 Å². The molecule has 4 rings (SSSR count). The summed E-state index contributed by atoms with van der Waals surface area (Å²) in [6, 6.07) is 6.02. The van der Waals surface area contributed by atoms with Crippen LogP contribution in [0.2, 0.25) is 5.02 Å². The lowest BCUT2D eigenvalue weighted by Crippen LogP contribution is -2.37. The molecule has 15 heteroatoms. The van der Waals surface area contributed by atoms with Crippen LogP contribution in [0.1, 0.15) is 41.4 Å². The van der Waals surface area contributed by atoms with E-state index in [0.29, 0.717) is 17.5 Å². The Morgan fingerprint density at radius 1 is 1.22 bits per heavy atom. The second-order valence-electron chi connectivity index (χ2n) is 8.67. The molecule has 1 fully saturated rings. The molecule has 0 spiro atoms. The van der Waals surface area contributed by atoms with E-state index < -0.39 is 52.1 Å². The first-order valence-electron chi connectivity index (χ1n) is 10.5. The number of aromatic nitrogens is 4. The smallest absolute Gasteiger partial charge is 0.344 e. The van der Waals surface area contributed by atoms with E-state index in [1.807, 2.05) is 6.07 Å². The number of carbonyl (C=O) groups is 1. The lowest BCUT2D eigenvalue weighted by Gasteiger charge is -2.23. The molecule has 0 saturated heterocycles. The molecular weight excluding hydrogens is 533 g/mol. The van der Waals surface area contributed by atoms with Gasteiger partial charge >= 0.3 is 12.4 Å². The predicted molar refractivity (Wildman–Crippen MR) is 116 cm³/mol. The number of hydrogen-bond donors (Lipinski definition) is 2. The number of benzene rings is 1. The summed E-state index contributed by atoms with van der Waals surface area (Å²) >= 11 is 6.11. The zero-order chi connectivity index (χ0) is 27.6. The first-order valence-corrected chi connectivity index (χ1v) is 10.9. The van der Waals surface area contributed by atoms with Gasteiger partial charge < -0.3 is 10.3 Å². The number of amides is 1. The van der Waals surface area contributed by atoms with E-state index in [1.54, 1.807) is 0 Å². The Hall–Kier alpha value is -3.60. The van der Waals surface area contributed by atoms with Gasteiger partial charge in [0.1, 0.15) is 34.0 Å². The van der Waals surface area contributed by atoms with E-state index in [1.165, 1.54) is 18.2 Å². The predicted octanol–water partition coefficient (Wildman–Crippen LogP) is 5.68. The van der Waals surface area contributed by atoms with Crippen molar-refractivity contribution in [1.29, 1.82) is 5.26 Å². The molecule has 1 unspecified atom stereocenters. The Morgan fingerprint density at radius 3 is 2.41 bits per heavy atom. The fraction of sp³-hybridized carbons (Fsp3) is 0.364. The number of alkyl halides is 7. The van der Waals surface area contributed by atoms with Crippen molar-refractivity contribution in [2.24, 2.45) is 7.05 Å². The summed E-state index contributed by atoms with van der Waals surface area (Å²) in [6.45, 7) is -0.0390. The number of aromatic amines is 1. The second kappa shape index (κ2) is 8.47. The summed E-state index contributed by atoms with van der Waals surface area (Å²) in [4.78, 5) is 19.3. The number of imidazole rings is 1. The number of nitrogens with one attached hydrogen (secondary N) is 2. The number of nitriles is 1. The largest absolute Gasteiger partial charge is 0.428 e. The molecule has 2 heterocycles. The van der Waals surface area contributed by atoms with Gasteiger partial charge in [0.15, 0.2) is 0 Å². The molecule has 0 radical (unpaired) electrons. The summed E-state index contributed by atoms with van der Waals surface area (Å²) in [7, 11) is 0.933. The molecule has 196 valence electrons. The standard InChI is InChI=1S/C22H16ClF7N6O/c1-19(24,22(28,29)30)16-14(21(25,26)27)15(36(2)35-16)13-8-32-17(33-13)10-3-4-12(23)11(7-10)18(37)34-20(9-31)5-6-20/h3-4,7-8H,5-6H2,1-2H3,(H,32,33)(H,34,37). The van der Waals surface area contributed by atoms with Crippen LogP contribution >= 0.6 is 11.6 Å². The summed E-state index contributed by atoms with van der Waals surface area (Å²) in [6.07, 6.45) is -9.15. The third kappa shape index (κ3) is 4.63.